The van der Waals surface area contributed by atoms with Crippen molar-refractivity contribution in [3.63, 3.8) is 0 Å². The van der Waals surface area contributed by atoms with Crippen LogP contribution in [0.25, 0.3) is 0 Å². The lowest BCUT2D eigenvalue weighted by molar-refractivity contribution is -0.138. The monoisotopic (exact) mass is 360 g/mol. The fourth-order valence-corrected chi connectivity index (χ4v) is 2.08. The van der Waals surface area contributed by atoms with Gasteiger partial charge in [0.15, 0.2) is 0 Å². The van der Waals surface area contributed by atoms with Gasteiger partial charge in [-0.3, -0.25) is 9.59 Å². The summed E-state index contributed by atoms with van der Waals surface area (Å²) in [5, 5.41) is 2.31. The van der Waals surface area contributed by atoms with E-state index in [0.717, 1.165) is 12.1 Å². The number of hydrogen-bond acceptors (Lipinski definition) is 2. The molecule has 1 aromatic carbocycles. The molecule has 0 saturated carbocycles. The first-order valence-corrected chi connectivity index (χ1v) is 6.43. The van der Waals surface area contributed by atoms with Gasteiger partial charge in [-0.2, -0.15) is 13.2 Å². The minimum atomic E-state index is -4.54. The molecule has 8 heteroatoms. The summed E-state index contributed by atoms with van der Waals surface area (Å²) in [7, 11) is 0. The molecule has 0 aliphatic carbocycles. The van der Waals surface area contributed by atoms with E-state index in [1.807, 2.05) is 0 Å². The minimum Gasteiger partial charge on any atom is -0.329 e. The summed E-state index contributed by atoms with van der Waals surface area (Å²) < 4.78 is 38.1. The molecule has 0 unspecified atom stereocenters. The van der Waals surface area contributed by atoms with Crippen molar-refractivity contribution in [3.05, 3.63) is 62.5 Å². The number of rotatable bonds is 2. The fraction of sp³-hybridized carbons (Fsp3) is 0.0769. The van der Waals surface area contributed by atoms with Gasteiger partial charge in [0.05, 0.1) is 5.56 Å². The Morgan fingerprint density at radius 2 is 1.90 bits per heavy atom. The molecule has 4 nitrogen and oxygen atoms in total. The number of carbonyl (C=O) groups is 1. The maximum absolute atomic E-state index is 12.8. The summed E-state index contributed by atoms with van der Waals surface area (Å²) in [5.74, 6) is -0.670. The first-order valence-electron chi connectivity index (χ1n) is 5.64. The van der Waals surface area contributed by atoms with Gasteiger partial charge >= 0.3 is 6.18 Å². The molecular weight excluding hydrogens is 353 g/mol. The molecule has 2 aromatic rings. The van der Waals surface area contributed by atoms with Crippen LogP contribution in [-0.4, -0.2) is 10.9 Å². The van der Waals surface area contributed by atoms with Gasteiger partial charge in [-0.05, 0) is 24.3 Å². The lowest BCUT2D eigenvalue weighted by atomic mass is 10.2. The number of amides is 1. The normalized spacial score (nSPS) is 11.2. The maximum atomic E-state index is 12.8. The Kier molecular flexibility index (Phi) is 4.17. The van der Waals surface area contributed by atoms with Crippen LogP contribution in [0, 0.1) is 0 Å². The molecule has 0 spiro atoms. The van der Waals surface area contributed by atoms with Crippen molar-refractivity contribution >= 4 is 27.5 Å². The lowest BCUT2D eigenvalue weighted by Gasteiger charge is -2.12. The largest absolute Gasteiger partial charge is 0.417 e. The molecular formula is C13H8BrF3N2O2. The summed E-state index contributed by atoms with van der Waals surface area (Å²) >= 11 is 2.81. The number of aromatic nitrogens is 1. The smallest absolute Gasteiger partial charge is 0.329 e. The Morgan fingerprint density at radius 3 is 2.52 bits per heavy atom. The van der Waals surface area contributed by atoms with Crippen LogP contribution in [0.4, 0.5) is 18.9 Å². The summed E-state index contributed by atoms with van der Waals surface area (Å²) in [4.78, 5) is 25.3. The van der Waals surface area contributed by atoms with E-state index in [-0.39, 0.29) is 15.7 Å². The summed E-state index contributed by atoms with van der Waals surface area (Å²) in [6.45, 7) is 0. The van der Waals surface area contributed by atoms with Gasteiger partial charge in [-0.25, -0.2) is 0 Å². The molecule has 1 aromatic heterocycles. The number of halogens is 4. The van der Waals surface area contributed by atoms with Crippen LogP contribution in [0.1, 0.15) is 15.9 Å². The third-order valence-corrected chi connectivity index (χ3v) is 3.26. The maximum Gasteiger partial charge on any atom is 0.417 e. The van der Waals surface area contributed by atoms with Gasteiger partial charge in [0.1, 0.15) is 0 Å². The van der Waals surface area contributed by atoms with Crippen molar-refractivity contribution in [3.8, 4) is 0 Å². The molecule has 0 fully saturated rings. The molecule has 0 radical (unpaired) electrons. The SMILES string of the molecule is O=C(Nc1ccc(Br)c(C(F)(F)F)c1)c1cc[nH]c(=O)c1. The van der Waals surface area contributed by atoms with Crippen LogP contribution in [0.2, 0.25) is 0 Å². The highest BCUT2D eigenvalue weighted by molar-refractivity contribution is 9.10. The van der Waals surface area contributed by atoms with Crippen LogP contribution in [0.15, 0.2) is 45.8 Å². The van der Waals surface area contributed by atoms with E-state index in [1.165, 1.54) is 24.4 Å². The average molecular weight is 361 g/mol. The first-order chi connectivity index (χ1) is 9.77. The second-order valence-corrected chi connectivity index (χ2v) is 4.94. The van der Waals surface area contributed by atoms with Crippen LogP contribution < -0.4 is 10.9 Å². The number of aromatic amines is 1. The number of hydrogen-bond donors (Lipinski definition) is 2. The average Bonchev–Trinajstić information content (AvgIpc) is 2.39. The lowest BCUT2D eigenvalue weighted by Crippen LogP contribution is -2.16. The van der Waals surface area contributed by atoms with Gasteiger partial charge in [-0.15, -0.1) is 0 Å². The van der Waals surface area contributed by atoms with E-state index < -0.39 is 23.2 Å². The zero-order valence-corrected chi connectivity index (χ0v) is 11.9. The highest BCUT2D eigenvalue weighted by atomic mass is 79.9. The van der Waals surface area contributed by atoms with Crippen molar-refractivity contribution in [2.75, 3.05) is 5.32 Å². The van der Waals surface area contributed by atoms with Crippen molar-refractivity contribution in [1.29, 1.82) is 0 Å². The number of benzene rings is 1. The Labute approximate surface area is 125 Å². The molecule has 0 aliphatic heterocycles. The third-order valence-electron chi connectivity index (χ3n) is 2.57. The van der Waals surface area contributed by atoms with E-state index >= 15 is 0 Å². The predicted octanol–water partition coefficient (Wildman–Crippen LogP) is 3.41. The van der Waals surface area contributed by atoms with E-state index in [4.69, 9.17) is 0 Å². The molecule has 21 heavy (non-hydrogen) atoms. The highest BCUT2D eigenvalue weighted by Gasteiger charge is 2.33. The Bertz CT molecular complexity index is 741. The Hall–Kier alpha value is -2.09. The zero-order chi connectivity index (χ0) is 15.6. The molecule has 2 N–H and O–H groups in total. The molecule has 1 heterocycles. The second kappa shape index (κ2) is 5.72. The molecule has 0 aliphatic rings. The summed E-state index contributed by atoms with van der Waals surface area (Å²) in [6, 6.07) is 5.73. The van der Waals surface area contributed by atoms with Crippen LogP contribution in [0.3, 0.4) is 0 Å². The van der Waals surface area contributed by atoms with Crippen molar-refractivity contribution in [2.24, 2.45) is 0 Å². The first kappa shape index (κ1) is 15.3. The van der Waals surface area contributed by atoms with Crippen LogP contribution in [-0.2, 0) is 6.18 Å². The molecule has 2 rings (SSSR count). The summed E-state index contributed by atoms with van der Waals surface area (Å²) in [6.07, 6.45) is -3.26. The fourth-order valence-electron chi connectivity index (χ4n) is 1.61. The number of H-pyrrole nitrogens is 1. The zero-order valence-electron chi connectivity index (χ0n) is 10.3. The van der Waals surface area contributed by atoms with Gasteiger partial charge in [0.25, 0.3) is 5.91 Å². The van der Waals surface area contributed by atoms with E-state index in [2.05, 4.69) is 26.2 Å². The standard InChI is InChI=1S/C13H8BrF3N2O2/c14-10-2-1-8(6-9(10)13(15,16)17)19-12(21)7-3-4-18-11(20)5-7/h1-6H,(H,18,20)(H,19,21). The number of pyridine rings is 1. The number of anilines is 1. The molecule has 0 saturated heterocycles. The highest BCUT2D eigenvalue weighted by Crippen LogP contribution is 2.36. The van der Waals surface area contributed by atoms with Gasteiger partial charge in [0, 0.05) is 28.0 Å². The Morgan fingerprint density at radius 1 is 1.19 bits per heavy atom. The molecule has 110 valence electrons. The van der Waals surface area contributed by atoms with E-state index in [9.17, 15) is 22.8 Å². The number of carbonyl (C=O) groups excluding carboxylic acids is 1. The second-order valence-electron chi connectivity index (χ2n) is 4.09. The predicted molar refractivity (Wildman–Crippen MR) is 74.2 cm³/mol. The van der Waals surface area contributed by atoms with E-state index in [0.29, 0.717) is 0 Å². The Balaban J connectivity index is 2.28. The third kappa shape index (κ3) is 3.72. The summed E-state index contributed by atoms with van der Waals surface area (Å²) in [5.41, 5.74) is -1.34. The minimum absolute atomic E-state index is 0.0178. The van der Waals surface area contributed by atoms with Gasteiger partial charge < -0.3 is 10.3 Å². The topological polar surface area (TPSA) is 62.0 Å². The van der Waals surface area contributed by atoms with Gasteiger partial charge in [-0.1, -0.05) is 15.9 Å². The molecule has 0 atom stereocenters. The van der Waals surface area contributed by atoms with Crippen LogP contribution >= 0.6 is 15.9 Å². The van der Waals surface area contributed by atoms with Crippen molar-refractivity contribution < 1.29 is 18.0 Å². The molecule has 1 amide bonds. The quantitative estimate of drug-likeness (QED) is 0.861. The number of alkyl halides is 3. The molecule has 0 bridgehead atoms. The van der Waals surface area contributed by atoms with Crippen molar-refractivity contribution in [2.45, 2.75) is 6.18 Å². The van der Waals surface area contributed by atoms with Crippen molar-refractivity contribution in [1.82, 2.24) is 4.98 Å². The van der Waals surface area contributed by atoms with Crippen LogP contribution in [0.5, 0.6) is 0 Å². The van der Waals surface area contributed by atoms with Gasteiger partial charge in [0.2, 0.25) is 5.56 Å². The van der Waals surface area contributed by atoms with E-state index in [1.54, 1.807) is 0 Å². The number of nitrogens with one attached hydrogen (secondary N) is 2.